The summed E-state index contributed by atoms with van der Waals surface area (Å²) in [7, 11) is 0.0281. The second kappa shape index (κ2) is 12.0. The molecular formula is C26H29ClN2O6S. The summed E-state index contributed by atoms with van der Waals surface area (Å²) in [6.45, 7) is 1.82. The molecule has 0 aromatic heterocycles. The van der Waals surface area contributed by atoms with Gasteiger partial charge in [-0.2, -0.15) is 0 Å². The van der Waals surface area contributed by atoms with Crippen molar-refractivity contribution in [1.29, 1.82) is 0 Å². The molecule has 10 heteroatoms. The number of ether oxygens (including phenoxy) is 3. The van der Waals surface area contributed by atoms with Crippen LogP contribution < -0.4 is 23.8 Å². The molecular weight excluding hydrogens is 504 g/mol. The summed E-state index contributed by atoms with van der Waals surface area (Å²) in [5.74, 6) is 0.401. The number of carbonyl (C=O) groups is 1. The van der Waals surface area contributed by atoms with Crippen molar-refractivity contribution in [2.75, 3.05) is 38.7 Å². The van der Waals surface area contributed by atoms with Crippen molar-refractivity contribution < 1.29 is 27.4 Å². The molecule has 0 aliphatic rings. The van der Waals surface area contributed by atoms with E-state index in [4.69, 9.17) is 25.8 Å². The maximum atomic E-state index is 13.8. The Morgan fingerprint density at radius 2 is 1.56 bits per heavy atom. The van der Waals surface area contributed by atoms with Crippen LogP contribution in [-0.2, 0) is 14.8 Å². The summed E-state index contributed by atoms with van der Waals surface area (Å²) in [5.41, 5.74) is 1.19. The fourth-order valence-electron chi connectivity index (χ4n) is 3.61. The summed E-state index contributed by atoms with van der Waals surface area (Å²) in [6.07, 6.45) is 0. The highest BCUT2D eigenvalue weighted by Crippen LogP contribution is 2.37. The minimum atomic E-state index is -4.25. The third-order valence-corrected chi connectivity index (χ3v) is 7.60. The largest absolute Gasteiger partial charge is 0.495 e. The van der Waals surface area contributed by atoms with Gasteiger partial charge in [0.15, 0.2) is 11.5 Å². The number of hydrogen-bond acceptors (Lipinski definition) is 6. The minimum absolute atomic E-state index is 0.0340. The Hall–Kier alpha value is -3.43. The molecule has 0 spiro atoms. The number of sulfonamides is 1. The quantitative estimate of drug-likeness (QED) is 0.391. The van der Waals surface area contributed by atoms with Crippen LogP contribution in [0.15, 0.2) is 71.6 Å². The van der Waals surface area contributed by atoms with E-state index in [0.717, 1.165) is 9.87 Å². The molecule has 0 saturated carbocycles. The summed E-state index contributed by atoms with van der Waals surface area (Å²) in [6, 6.07) is 18.5. The number of methoxy groups -OCH3 is 3. The molecule has 1 N–H and O–H groups in total. The van der Waals surface area contributed by atoms with Crippen molar-refractivity contribution in [2.24, 2.45) is 0 Å². The third kappa shape index (κ3) is 6.22. The lowest BCUT2D eigenvalue weighted by Crippen LogP contribution is -2.42. The molecule has 0 radical (unpaired) electrons. The van der Waals surface area contributed by atoms with Crippen LogP contribution >= 0.6 is 11.6 Å². The maximum absolute atomic E-state index is 13.8. The SMILES string of the molecule is COc1ccc(S(=O)(=O)N(CC(=O)NC[C@@H](C)c2ccccc2)c2cc(Cl)ccc2OC)cc1OC. The van der Waals surface area contributed by atoms with Gasteiger partial charge < -0.3 is 19.5 Å². The van der Waals surface area contributed by atoms with E-state index in [1.807, 2.05) is 37.3 Å². The van der Waals surface area contributed by atoms with Crippen molar-refractivity contribution >= 4 is 33.2 Å². The van der Waals surface area contributed by atoms with Gasteiger partial charge in [0.1, 0.15) is 12.3 Å². The van der Waals surface area contributed by atoms with E-state index >= 15 is 0 Å². The van der Waals surface area contributed by atoms with Gasteiger partial charge in [0.25, 0.3) is 10.0 Å². The average molecular weight is 533 g/mol. The number of nitrogens with one attached hydrogen (secondary N) is 1. The van der Waals surface area contributed by atoms with E-state index in [9.17, 15) is 13.2 Å². The van der Waals surface area contributed by atoms with Crippen LogP contribution in [0.2, 0.25) is 5.02 Å². The molecule has 1 atom stereocenters. The fraction of sp³-hybridized carbons (Fsp3) is 0.269. The van der Waals surface area contributed by atoms with Gasteiger partial charge in [-0.15, -0.1) is 0 Å². The Kier molecular flexibility index (Phi) is 9.06. The number of nitrogens with zero attached hydrogens (tertiary/aromatic N) is 1. The first-order valence-corrected chi connectivity index (χ1v) is 12.9. The van der Waals surface area contributed by atoms with Crippen LogP contribution in [0.25, 0.3) is 0 Å². The summed E-state index contributed by atoms with van der Waals surface area (Å²) in [4.78, 5) is 12.9. The maximum Gasteiger partial charge on any atom is 0.265 e. The van der Waals surface area contributed by atoms with Gasteiger partial charge in [-0.25, -0.2) is 8.42 Å². The van der Waals surface area contributed by atoms with E-state index in [0.29, 0.717) is 12.3 Å². The molecule has 8 nitrogen and oxygen atoms in total. The van der Waals surface area contributed by atoms with E-state index in [1.54, 1.807) is 12.1 Å². The van der Waals surface area contributed by atoms with Crippen LogP contribution in [0.1, 0.15) is 18.4 Å². The first-order valence-electron chi connectivity index (χ1n) is 11.1. The normalized spacial score (nSPS) is 11.9. The van der Waals surface area contributed by atoms with E-state index in [-0.39, 0.29) is 33.0 Å². The number of anilines is 1. The zero-order chi connectivity index (χ0) is 26.3. The van der Waals surface area contributed by atoms with Gasteiger partial charge in [0.2, 0.25) is 5.91 Å². The molecule has 0 bridgehead atoms. The van der Waals surface area contributed by atoms with Gasteiger partial charge in [-0.3, -0.25) is 9.10 Å². The van der Waals surface area contributed by atoms with Gasteiger partial charge >= 0.3 is 0 Å². The molecule has 1 amide bonds. The lowest BCUT2D eigenvalue weighted by Gasteiger charge is -2.26. The smallest absolute Gasteiger partial charge is 0.265 e. The second-order valence-corrected chi connectivity index (χ2v) is 10.3. The third-order valence-electron chi connectivity index (χ3n) is 5.61. The number of benzene rings is 3. The topological polar surface area (TPSA) is 94.2 Å². The molecule has 3 aromatic carbocycles. The van der Waals surface area contributed by atoms with Crippen molar-refractivity contribution in [3.8, 4) is 17.2 Å². The lowest BCUT2D eigenvalue weighted by molar-refractivity contribution is -0.119. The zero-order valence-corrected chi connectivity index (χ0v) is 22.1. The Balaban J connectivity index is 1.96. The highest BCUT2D eigenvalue weighted by molar-refractivity contribution is 7.92. The second-order valence-electron chi connectivity index (χ2n) is 7.96. The highest BCUT2D eigenvalue weighted by atomic mass is 35.5. The van der Waals surface area contributed by atoms with Crippen LogP contribution in [0.3, 0.4) is 0 Å². The molecule has 192 valence electrons. The number of rotatable bonds is 11. The molecule has 3 rings (SSSR count). The van der Waals surface area contributed by atoms with Gasteiger partial charge in [0.05, 0.1) is 31.9 Å². The summed E-state index contributed by atoms with van der Waals surface area (Å²) < 4.78 is 44.5. The lowest BCUT2D eigenvalue weighted by atomic mass is 10.0. The predicted molar refractivity (Wildman–Crippen MR) is 140 cm³/mol. The molecule has 0 unspecified atom stereocenters. The zero-order valence-electron chi connectivity index (χ0n) is 20.5. The molecule has 0 saturated heterocycles. The Labute approximate surface area is 216 Å². The van der Waals surface area contributed by atoms with Crippen LogP contribution in [0.4, 0.5) is 5.69 Å². The number of halogens is 1. The average Bonchev–Trinajstić information content (AvgIpc) is 2.90. The first-order chi connectivity index (χ1) is 17.2. The molecule has 0 fully saturated rings. The van der Waals surface area contributed by atoms with Gasteiger partial charge in [-0.1, -0.05) is 48.9 Å². The van der Waals surface area contributed by atoms with Crippen molar-refractivity contribution in [2.45, 2.75) is 17.7 Å². The number of carbonyl (C=O) groups excluding carboxylic acids is 1. The van der Waals surface area contributed by atoms with Crippen molar-refractivity contribution in [1.82, 2.24) is 5.32 Å². The molecule has 0 aliphatic heterocycles. The van der Waals surface area contributed by atoms with Crippen LogP contribution in [-0.4, -0.2) is 48.7 Å². The standard InChI is InChI=1S/C26H29ClN2O6S/c1-18(19-8-6-5-7-9-19)16-28-26(30)17-29(22-14-20(27)10-12-23(22)33-2)36(31,32)21-11-13-24(34-3)25(15-21)35-4/h5-15,18H,16-17H2,1-4H3,(H,28,30)/t18-/m1/s1. The van der Waals surface area contributed by atoms with Crippen LogP contribution in [0, 0.1) is 0 Å². The Bertz CT molecular complexity index is 1300. The van der Waals surface area contributed by atoms with E-state index < -0.39 is 22.5 Å². The fourth-order valence-corrected chi connectivity index (χ4v) is 5.22. The molecule has 0 aliphatic carbocycles. The molecule has 36 heavy (non-hydrogen) atoms. The highest BCUT2D eigenvalue weighted by Gasteiger charge is 2.30. The van der Waals surface area contributed by atoms with Gasteiger partial charge in [0, 0.05) is 17.6 Å². The number of amides is 1. The minimum Gasteiger partial charge on any atom is -0.495 e. The van der Waals surface area contributed by atoms with Gasteiger partial charge in [-0.05, 0) is 41.8 Å². The molecule has 0 heterocycles. The molecule has 3 aromatic rings. The number of hydrogen-bond donors (Lipinski definition) is 1. The van der Waals surface area contributed by atoms with Crippen molar-refractivity contribution in [3.05, 3.63) is 77.3 Å². The monoisotopic (exact) mass is 532 g/mol. The Morgan fingerprint density at radius 1 is 0.917 bits per heavy atom. The Morgan fingerprint density at radius 3 is 2.19 bits per heavy atom. The first kappa shape index (κ1) is 27.2. The van der Waals surface area contributed by atoms with Crippen LogP contribution in [0.5, 0.6) is 17.2 Å². The summed E-state index contributed by atoms with van der Waals surface area (Å²) in [5, 5.41) is 3.12. The summed E-state index contributed by atoms with van der Waals surface area (Å²) >= 11 is 6.19. The van der Waals surface area contributed by atoms with Crippen molar-refractivity contribution in [3.63, 3.8) is 0 Å². The van der Waals surface area contributed by atoms with E-state index in [2.05, 4.69) is 5.32 Å². The van der Waals surface area contributed by atoms with E-state index in [1.165, 1.54) is 45.6 Å². The predicted octanol–water partition coefficient (Wildman–Crippen LogP) is 4.48.